The molecule has 0 saturated carbocycles. The molecule has 1 amide bonds. The minimum Gasteiger partial charge on any atom is -0.497 e. The van der Waals surface area contributed by atoms with Gasteiger partial charge in [-0.05, 0) is 35.9 Å². The normalized spacial score (nSPS) is 16.5. The number of methoxy groups -OCH3 is 2. The number of amides is 1. The molecule has 2 aromatic carbocycles. The van der Waals surface area contributed by atoms with E-state index in [0.29, 0.717) is 41.8 Å². The van der Waals surface area contributed by atoms with Crippen LogP contribution in [0.15, 0.2) is 42.5 Å². The number of nitrogens with zero attached hydrogens (tertiary/aromatic N) is 2. The smallest absolute Gasteiger partial charge is 0.276 e. The second-order valence-electron chi connectivity index (χ2n) is 7.14. The highest BCUT2D eigenvalue weighted by Crippen LogP contribution is 2.36. The zero-order chi connectivity index (χ0) is 21.4. The van der Waals surface area contributed by atoms with Crippen LogP contribution in [0.25, 0.3) is 0 Å². The van der Waals surface area contributed by atoms with Crippen LogP contribution >= 0.6 is 0 Å². The van der Waals surface area contributed by atoms with Crippen LogP contribution in [0.4, 0.5) is 5.69 Å². The zero-order valence-electron chi connectivity index (χ0n) is 17.1. The van der Waals surface area contributed by atoms with E-state index >= 15 is 0 Å². The molecule has 2 aliphatic rings. The van der Waals surface area contributed by atoms with Gasteiger partial charge in [0.1, 0.15) is 17.6 Å². The monoisotopic (exact) mass is 423 g/mol. The molecule has 2 aliphatic heterocycles. The van der Waals surface area contributed by atoms with Crippen molar-refractivity contribution < 1.29 is 28.5 Å². The van der Waals surface area contributed by atoms with E-state index in [-0.39, 0.29) is 18.8 Å². The van der Waals surface area contributed by atoms with Gasteiger partial charge in [0, 0.05) is 6.07 Å². The minimum absolute atomic E-state index is 0.195. The van der Waals surface area contributed by atoms with Crippen LogP contribution in [0.2, 0.25) is 0 Å². The van der Waals surface area contributed by atoms with E-state index in [9.17, 15) is 4.79 Å². The molecule has 9 nitrogen and oxygen atoms in total. The second kappa shape index (κ2) is 7.84. The summed E-state index contributed by atoms with van der Waals surface area (Å²) in [5.41, 5.74) is 2.65. The topological polar surface area (TPSA) is 93.1 Å². The quantitative estimate of drug-likeness (QED) is 0.674. The number of carbonyl (C=O) groups is 1. The molecule has 1 atom stereocenters. The first-order valence-corrected chi connectivity index (χ1v) is 9.76. The van der Waals surface area contributed by atoms with Crippen LogP contribution in [0, 0.1) is 0 Å². The number of benzene rings is 2. The number of ether oxygens (including phenoxy) is 5. The van der Waals surface area contributed by atoms with E-state index in [1.807, 2.05) is 18.2 Å². The highest BCUT2D eigenvalue weighted by atomic mass is 16.7. The number of fused-ring (bicyclic) bond motifs is 2. The fraction of sp³-hybridized carbons (Fsp3) is 0.273. The number of rotatable bonds is 5. The largest absolute Gasteiger partial charge is 0.497 e. The van der Waals surface area contributed by atoms with Crippen molar-refractivity contribution in [2.45, 2.75) is 19.3 Å². The Labute approximate surface area is 178 Å². The molecule has 0 aliphatic carbocycles. The van der Waals surface area contributed by atoms with Crippen LogP contribution < -0.4 is 24.3 Å². The van der Waals surface area contributed by atoms with Crippen LogP contribution in [0.5, 0.6) is 23.0 Å². The van der Waals surface area contributed by atoms with Crippen LogP contribution in [-0.2, 0) is 17.9 Å². The van der Waals surface area contributed by atoms with Crippen molar-refractivity contribution in [1.29, 1.82) is 0 Å². The van der Waals surface area contributed by atoms with Gasteiger partial charge in [-0.1, -0.05) is 6.07 Å². The highest BCUT2D eigenvalue weighted by molar-refractivity contribution is 6.03. The lowest BCUT2D eigenvalue weighted by atomic mass is 10.1. The summed E-state index contributed by atoms with van der Waals surface area (Å²) in [6.45, 7) is 1.07. The molecule has 3 heterocycles. The fourth-order valence-electron chi connectivity index (χ4n) is 3.64. The van der Waals surface area contributed by atoms with Gasteiger partial charge in [-0.25, -0.2) is 0 Å². The molecule has 1 N–H and O–H groups in total. The molecule has 0 bridgehead atoms. The first kappa shape index (κ1) is 19.3. The van der Waals surface area contributed by atoms with Gasteiger partial charge in [-0.3, -0.25) is 9.48 Å². The van der Waals surface area contributed by atoms with Crippen LogP contribution in [-0.4, -0.2) is 36.7 Å². The van der Waals surface area contributed by atoms with Gasteiger partial charge in [0.25, 0.3) is 5.91 Å². The summed E-state index contributed by atoms with van der Waals surface area (Å²) in [5.74, 6) is 2.25. The molecule has 1 unspecified atom stereocenters. The molecule has 1 aromatic heterocycles. The molecule has 0 saturated heterocycles. The maximum absolute atomic E-state index is 12.8. The number of carbonyl (C=O) groups excluding carboxylic acids is 1. The average molecular weight is 423 g/mol. The van der Waals surface area contributed by atoms with Gasteiger partial charge in [0.2, 0.25) is 6.79 Å². The SMILES string of the molecule is COc1ccc(NC(=O)c2cc3n(n2)CC(c2ccc4c(c2)OCO4)OC3)c(OC)c1. The number of hydrogen-bond acceptors (Lipinski definition) is 7. The summed E-state index contributed by atoms with van der Waals surface area (Å²) in [5, 5.41) is 7.33. The van der Waals surface area contributed by atoms with E-state index in [0.717, 1.165) is 17.0 Å². The number of anilines is 1. The van der Waals surface area contributed by atoms with E-state index < -0.39 is 0 Å². The lowest BCUT2D eigenvalue weighted by molar-refractivity contribution is -0.00127. The Balaban J connectivity index is 1.32. The number of aromatic nitrogens is 2. The molecular formula is C22H21N3O6. The van der Waals surface area contributed by atoms with Crippen molar-refractivity contribution in [3.63, 3.8) is 0 Å². The van der Waals surface area contributed by atoms with Gasteiger partial charge >= 0.3 is 0 Å². The zero-order valence-corrected chi connectivity index (χ0v) is 17.1. The Kier molecular flexibility index (Phi) is 4.87. The Hall–Kier alpha value is -3.72. The molecule has 3 aromatic rings. The molecule has 0 fully saturated rings. The van der Waals surface area contributed by atoms with E-state index in [2.05, 4.69) is 10.4 Å². The summed E-state index contributed by atoms with van der Waals surface area (Å²) < 4.78 is 29.2. The summed E-state index contributed by atoms with van der Waals surface area (Å²) in [6.07, 6.45) is -0.195. The summed E-state index contributed by atoms with van der Waals surface area (Å²) in [6, 6.07) is 12.7. The minimum atomic E-state index is -0.329. The maximum atomic E-state index is 12.8. The first-order valence-electron chi connectivity index (χ1n) is 9.76. The third kappa shape index (κ3) is 3.64. The van der Waals surface area contributed by atoms with Crippen molar-refractivity contribution in [3.8, 4) is 23.0 Å². The van der Waals surface area contributed by atoms with Gasteiger partial charge < -0.3 is 29.0 Å². The number of hydrogen-bond donors (Lipinski definition) is 1. The second-order valence-corrected chi connectivity index (χ2v) is 7.14. The fourth-order valence-corrected chi connectivity index (χ4v) is 3.64. The predicted molar refractivity (Wildman–Crippen MR) is 110 cm³/mol. The van der Waals surface area contributed by atoms with Crippen LogP contribution in [0.3, 0.4) is 0 Å². The third-order valence-electron chi connectivity index (χ3n) is 5.29. The first-order chi connectivity index (χ1) is 15.1. The average Bonchev–Trinajstić information content (AvgIpc) is 3.45. The number of nitrogens with one attached hydrogen (secondary N) is 1. The Morgan fingerprint density at radius 1 is 1.10 bits per heavy atom. The maximum Gasteiger partial charge on any atom is 0.276 e. The molecule has 0 spiro atoms. The van der Waals surface area contributed by atoms with Gasteiger partial charge in [-0.2, -0.15) is 5.10 Å². The Morgan fingerprint density at radius 2 is 1.97 bits per heavy atom. The molecule has 0 radical (unpaired) electrons. The standard InChI is InChI=1S/C22H21N3O6/c1-27-15-4-5-16(19(9-15)28-2)23-22(26)17-8-14-11-29-21(10-25(14)24-17)13-3-6-18-20(7-13)31-12-30-18/h3-9,21H,10-12H2,1-2H3,(H,23,26). The molecule has 5 rings (SSSR count). The summed E-state index contributed by atoms with van der Waals surface area (Å²) in [4.78, 5) is 12.8. The van der Waals surface area contributed by atoms with E-state index in [1.54, 1.807) is 36.1 Å². The van der Waals surface area contributed by atoms with Gasteiger partial charge in [-0.15, -0.1) is 0 Å². The molecular weight excluding hydrogens is 402 g/mol. The molecule has 31 heavy (non-hydrogen) atoms. The van der Waals surface area contributed by atoms with Crippen molar-refractivity contribution in [1.82, 2.24) is 9.78 Å². The van der Waals surface area contributed by atoms with Crippen LogP contribution in [0.1, 0.15) is 27.8 Å². The summed E-state index contributed by atoms with van der Waals surface area (Å²) in [7, 11) is 3.11. The van der Waals surface area contributed by atoms with E-state index in [1.165, 1.54) is 7.11 Å². The van der Waals surface area contributed by atoms with Gasteiger partial charge in [0.05, 0.1) is 38.8 Å². The van der Waals surface area contributed by atoms with Gasteiger partial charge in [0.15, 0.2) is 17.2 Å². The lowest BCUT2D eigenvalue weighted by Crippen LogP contribution is -2.22. The Bertz CT molecular complexity index is 1140. The van der Waals surface area contributed by atoms with Crippen molar-refractivity contribution in [2.75, 3.05) is 26.3 Å². The predicted octanol–water partition coefficient (Wildman–Crippen LogP) is 3.15. The Morgan fingerprint density at radius 3 is 2.81 bits per heavy atom. The van der Waals surface area contributed by atoms with Crippen molar-refractivity contribution in [2.24, 2.45) is 0 Å². The lowest BCUT2D eigenvalue weighted by Gasteiger charge is -2.24. The van der Waals surface area contributed by atoms with E-state index in [4.69, 9.17) is 23.7 Å². The van der Waals surface area contributed by atoms with Crippen molar-refractivity contribution in [3.05, 3.63) is 59.4 Å². The summed E-state index contributed by atoms with van der Waals surface area (Å²) >= 11 is 0. The molecule has 160 valence electrons. The highest BCUT2D eigenvalue weighted by Gasteiger charge is 2.26. The van der Waals surface area contributed by atoms with Crippen molar-refractivity contribution >= 4 is 11.6 Å². The molecule has 9 heteroatoms. The third-order valence-corrected chi connectivity index (χ3v) is 5.29.